The molecule has 1 aromatic heterocycles. The van der Waals surface area contributed by atoms with Crippen molar-refractivity contribution in [3.8, 4) is 5.75 Å². The number of carbonyl (C=O) groups is 1. The smallest absolute Gasteiger partial charge is 0.338 e. The summed E-state index contributed by atoms with van der Waals surface area (Å²) in [6, 6.07) is 23.5. The maximum Gasteiger partial charge on any atom is 0.338 e. The monoisotopic (exact) mass is 481 g/mol. The van der Waals surface area contributed by atoms with Crippen LogP contribution in [0.15, 0.2) is 77.8 Å². The molecule has 1 aliphatic rings. The van der Waals surface area contributed by atoms with Gasteiger partial charge in [0.2, 0.25) is 0 Å². The third-order valence-electron chi connectivity index (χ3n) is 6.65. The molecule has 36 heavy (non-hydrogen) atoms. The number of carbonyl (C=O) groups excluding carboxylic acids is 1. The Bertz CT molecular complexity index is 1370. The molecule has 0 atom stereocenters. The molecule has 1 aliphatic carbocycles. The molecule has 0 saturated heterocycles. The van der Waals surface area contributed by atoms with Gasteiger partial charge in [-0.25, -0.2) is 9.79 Å². The number of hydrogen-bond donors (Lipinski definition) is 3. The molecule has 0 bridgehead atoms. The average molecular weight is 482 g/mol. The molecule has 5 rings (SSSR count). The highest BCUT2D eigenvalue weighted by molar-refractivity contribution is 6.17. The van der Waals surface area contributed by atoms with Crippen LogP contribution >= 0.6 is 0 Å². The molecule has 6 heteroatoms. The number of aromatic hydroxyl groups is 1. The van der Waals surface area contributed by atoms with Crippen molar-refractivity contribution in [1.29, 1.82) is 0 Å². The van der Waals surface area contributed by atoms with Crippen molar-refractivity contribution >= 4 is 34.0 Å². The molecule has 0 radical (unpaired) electrons. The molecular formula is C30H31N3O3. The number of nitrogens with zero attached hydrogens (tertiary/aromatic N) is 1. The first-order chi connectivity index (χ1) is 17.6. The second kappa shape index (κ2) is 10.7. The molecule has 3 aromatic carbocycles. The van der Waals surface area contributed by atoms with Crippen LogP contribution in [0.25, 0.3) is 10.9 Å². The van der Waals surface area contributed by atoms with Gasteiger partial charge in [-0.2, -0.15) is 0 Å². The average Bonchev–Trinajstić information content (AvgIpc) is 3.24. The molecule has 0 unspecified atom stereocenters. The van der Waals surface area contributed by atoms with Gasteiger partial charge in [0, 0.05) is 22.7 Å². The van der Waals surface area contributed by atoms with Crippen LogP contribution in [0.2, 0.25) is 0 Å². The molecule has 184 valence electrons. The molecule has 0 spiro atoms. The third-order valence-corrected chi connectivity index (χ3v) is 6.65. The SMILES string of the molecule is CCOC(=O)c1ccc2c(O)c(C(=Nc3ccc(NC4CCCCC4)cc3)c3ccccc3)[nH]c2c1. The zero-order chi connectivity index (χ0) is 24.9. The van der Waals surface area contributed by atoms with Gasteiger partial charge < -0.3 is 20.1 Å². The number of rotatable bonds is 7. The highest BCUT2D eigenvalue weighted by Gasteiger charge is 2.19. The predicted octanol–water partition coefficient (Wildman–Crippen LogP) is 6.96. The van der Waals surface area contributed by atoms with Crippen molar-refractivity contribution in [3.63, 3.8) is 0 Å². The predicted molar refractivity (Wildman–Crippen MR) is 145 cm³/mol. The lowest BCUT2D eigenvalue weighted by Crippen LogP contribution is -2.21. The van der Waals surface area contributed by atoms with E-state index in [1.54, 1.807) is 25.1 Å². The minimum absolute atomic E-state index is 0.0959. The molecule has 1 saturated carbocycles. The van der Waals surface area contributed by atoms with Crippen LogP contribution in [-0.4, -0.2) is 34.4 Å². The van der Waals surface area contributed by atoms with E-state index in [0.29, 0.717) is 40.5 Å². The Kier molecular flexibility index (Phi) is 7.03. The molecular weight excluding hydrogens is 450 g/mol. The first-order valence-corrected chi connectivity index (χ1v) is 12.7. The first-order valence-electron chi connectivity index (χ1n) is 12.7. The Morgan fingerprint density at radius 1 is 1.00 bits per heavy atom. The van der Waals surface area contributed by atoms with Gasteiger partial charge in [-0.1, -0.05) is 49.6 Å². The fraction of sp³-hybridized carbons (Fsp3) is 0.267. The topological polar surface area (TPSA) is 86.7 Å². The number of anilines is 1. The summed E-state index contributed by atoms with van der Waals surface area (Å²) in [6.45, 7) is 2.08. The zero-order valence-electron chi connectivity index (χ0n) is 20.5. The summed E-state index contributed by atoms with van der Waals surface area (Å²) in [5, 5.41) is 15.4. The van der Waals surface area contributed by atoms with Crippen LogP contribution in [-0.2, 0) is 4.74 Å². The van der Waals surface area contributed by atoms with E-state index in [4.69, 9.17) is 9.73 Å². The summed E-state index contributed by atoms with van der Waals surface area (Å²) in [6.07, 6.45) is 6.34. The zero-order valence-corrected chi connectivity index (χ0v) is 20.5. The molecule has 3 N–H and O–H groups in total. The highest BCUT2D eigenvalue weighted by atomic mass is 16.5. The van der Waals surface area contributed by atoms with Crippen LogP contribution in [0.4, 0.5) is 11.4 Å². The largest absolute Gasteiger partial charge is 0.505 e. The fourth-order valence-electron chi connectivity index (χ4n) is 4.80. The van der Waals surface area contributed by atoms with Crippen molar-refractivity contribution in [2.45, 2.75) is 45.1 Å². The van der Waals surface area contributed by atoms with E-state index >= 15 is 0 Å². The maximum atomic E-state index is 12.2. The molecule has 0 amide bonds. The number of ether oxygens (including phenoxy) is 1. The van der Waals surface area contributed by atoms with E-state index in [0.717, 1.165) is 16.9 Å². The normalized spacial score (nSPS) is 14.6. The number of aromatic nitrogens is 1. The summed E-state index contributed by atoms with van der Waals surface area (Å²) < 4.78 is 5.12. The van der Waals surface area contributed by atoms with Gasteiger partial charge in [-0.05, 0) is 62.2 Å². The van der Waals surface area contributed by atoms with Gasteiger partial charge in [0.1, 0.15) is 5.69 Å². The first kappa shape index (κ1) is 23.7. The van der Waals surface area contributed by atoms with Crippen LogP contribution in [0.3, 0.4) is 0 Å². The molecule has 1 fully saturated rings. The fourth-order valence-corrected chi connectivity index (χ4v) is 4.80. The maximum absolute atomic E-state index is 12.2. The van der Waals surface area contributed by atoms with E-state index in [1.165, 1.54) is 32.1 Å². The number of nitrogens with one attached hydrogen (secondary N) is 2. The van der Waals surface area contributed by atoms with E-state index in [9.17, 15) is 9.90 Å². The van der Waals surface area contributed by atoms with E-state index in [2.05, 4.69) is 22.4 Å². The summed E-state index contributed by atoms with van der Waals surface area (Å²) in [5.74, 6) is -0.299. The number of aromatic amines is 1. The minimum atomic E-state index is -0.395. The summed E-state index contributed by atoms with van der Waals surface area (Å²) in [5.41, 5.74) is 4.95. The number of fused-ring (bicyclic) bond motifs is 1. The molecule has 6 nitrogen and oxygen atoms in total. The van der Waals surface area contributed by atoms with Crippen LogP contribution in [0, 0.1) is 0 Å². The van der Waals surface area contributed by atoms with E-state index in [-0.39, 0.29) is 5.75 Å². The lowest BCUT2D eigenvalue weighted by Gasteiger charge is -2.23. The van der Waals surface area contributed by atoms with Gasteiger partial charge in [-0.15, -0.1) is 0 Å². The number of benzene rings is 3. The van der Waals surface area contributed by atoms with Crippen molar-refractivity contribution in [1.82, 2.24) is 4.98 Å². The van der Waals surface area contributed by atoms with Crippen LogP contribution < -0.4 is 5.32 Å². The van der Waals surface area contributed by atoms with Crippen LogP contribution in [0.5, 0.6) is 5.75 Å². The Morgan fingerprint density at radius 3 is 2.47 bits per heavy atom. The van der Waals surface area contributed by atoms with Gasteiger partial charge >= 0.3 is 5.97 Å². The van der Waals surface area contributed by atoms with Crippen molar-refractivity contribution in [2.75, 3.05) is 11.9 Å². The highest BCUT2D eigenvalue weighted by Crippen LogP contribution is 2.33. The van der Waals surface area contributed by atoms with Gasteiger partial charge in [0.25, 0.3) is 0 Å². The number of esters is 1. The summed E-state index contributed by atoms with van der Waals surface area (Å²) >= 11 is 0. The van der Waals surface area contributed by atoms with E-state index < -0.39 is 5.97 Å². The quantitative estimate of drug-likeness (QED) is 0.197. The molecule has 4 aromatic rings. The van der Waals surface area contributed by atoms with Crippen molar-refractivity contribution in [3.05, 3.63) is 89.6 Å². The number of aliphatic imine (C=N–C) groups is 1. The standard InChI is InChI=1S/C30H31N3O3/c1-2-36-30(35)21-13-18-25-26(19-21)33-28(29(25)34)27(20-9-5-3-6-10-20)32-24-16-14-23(15-17-24)31-22-11-7-4-8-12-22/h3,5-6,9-10,13-19,22,31,33-34H,2,4,7-8,11-12H2,1H3. The Balaban J connectivity index is 1.50. The lowest BCUT2D eigenvalue weighted by atomic mass is 9.95. The van der Waals surface area contributed by atoms with Gasteiger partial charge in [-0.3, -0.25) is 0 Å². The number of H-pyrrole nitrogens is 1. The Hall–Kier alpha value is -4.06. The van der Waals surface area contributed by atoms with E-state index in [1.807, 2.05) is 42.5 Å². The summed E-state index contributed by atoms with van der Waals surface area (Å²) in [4.78, 5) is 20.4. The molecule has 1 heterocycles. The Labute approximate surface area is 211 Å². The van der Waals surface area contributed by atoms with Gasteiger partial charge in [0.15, 0.2) is 5.75 Å². The minimum Gasteiger partial charge on any atom is -0.505 e. The Morgan fingerprint density at radius 2 is 1.75 bits per heavy atom. The summed E-state index contributed by atoms with van der Waals surface area (Å²) in [7, 11) is 0. The van der Waals surface area contributed by atoms with Crippen molar-refractivity contribution < 1.29 is 14.6 Å². The van der Waals surface area contributed by atoms with Gasteiger partial charge in [0.05, 0.1) is 29.1 Å². The lowest BCUT2D eigenvalue weighted by molar-refractivity contribution is 0.0526. The molecule has 0 aliphatic heterocycles. The van der Waals surface area contributed by atoms with Crippen LogP contribution in [0.1, 0.15) is 60.6 Å². The second-order valence-electron chi connectivity index (χ2n) is 9.18. The second-order valence-corrected chi connectivity index (χ2v) is 9.18. The number of hydrogen-bond acceptors (Lipinski definition) is 5. The third kappa shape index (κ3) is 5.13. The van der Waals surface area contributed by atoms with Crippen molar-refractivity contribution in [2.24, 2.45) is 4.99 Å².